The summed E-state index contributed by atoms with van der Waals surface area (Å²) in [6.07, 6.45) is 0.960. The van der Waals surface area contributed by atoms with Gasteiger partial charge in [0, 0.05) is 19.1 Å². The number of rotatable bonds is 2. The quantitative estimate of drug-likeness (QED) is 0.881. The predicted octanol–water partition coefficient (Wildman–Crippen LogP) is 1.19. The Morgan fingerprint density at radius 1 is 1.35 bits per heavy atom. The molecular weight excluding hydrogens is 256 g/mol. The Labute approximate surface area is 117 Å². The second-order valence-electron chi connectivity index (χ2n) is 5.39. The number of amides is 2. The Morgan fingerprint density at radius 3 is 2.90 bits per heavy atom. The van der Waals surface area contributed by atoms with Gasteiger partial charge in [0.05, 0.1) is 17.9 Å². The van der Waals surface area contributed by atoms with E-state index in [0.29, 0.717) is 30.3 Å². The average molecular weight is 274 g/mol. The zero-order chi connectivity index (χ0) is 14.1. The van der Waals surface area contributed by atoms with Crippen LogP contribution in [-0.2, 0) is 9.53 Å². The number of fused-ring (bicyclic) bond motifs is 1. The van der Waals surface area contributed by atoms with Gasteiger partial charge in [0.25, 0.3) is 5.91 Å². The first kappa shape index (κ1) is 13.1. The van der Waals surface area contributed by atoms with Gasteiger partial charge in [-0.25, -0.2) is 0 Å². The van der Waals surface area contributed by atoms with E-state index in [1.54, 1.807) is 17.9 Å². The molecule has 1 N–H and O–H groups in total. The molecule has 1 saturated heterocycles. The van der Waals surface area contributed by atoms with Crippen molar-refractivity contribution in [2.24, 2.45) is 5.92 Å². The third kappa shape index (κ3) is 2.29. The minimum absolute atomic E-state index is 0.0600. The molecule has 2 amide bonds. The molecule has 20 heavy (non-hydrogen) atoms. The molecule has 2 aliphatic rings. The second kappa shape index (κ2) is 5.25. The smallest absolute Gasteiger partial charge is 0.254 e. The van der Waals surface area contributed by atoms with Crippen LogP contribution in [0.4, 0.5) is 5.69 Å². The van der Waals surface area contributed by atoms with E-state index in [9.17, 15) is 9.59 Å². The highest BCUT2D eigenvalue weighted by molar-refractivity contribution is 6.10. The van der Waals surface area contributed by atoms with E-state index in [0.717, 1.165) is 13.0 Å². The second-order valence-corrected chi connectivity index (χ2v) is 5.39. The van der Waals surface area contributed by atoms with Crippen molar-refractivity contribution in [3.63, 3.8) is 0 Å². The molecule has 0 aliphatic carbocycles. The van der Waals surface area contributed by atoms with E-state index in [4.69, 9.17) is 4.74 Å². The van der Waals surface area contributed by atoms with Crippen LogP contribution in [0.25, 0.3) is 0 Å². The molecule has 0 bridgehead atoms. The summed E-state index contributed by atoms with van der Waals surface area (Å²) in [5, 5.41) is 2.74. The SMILES string of the molecule is CC1NC(=O)c2ccccc2N(CC2CCOC2)C1=O. The standard InChI is InChI=1S/C15H18N2O3/c1-10-15(19)17(8-11-6-7-20-9-11)13-5-3-2-4-12(13)14(18)16-10/h2-5,10-11H,6-9H2,1H3,(H,16,18). The maximum absolute atomic E-state index is 12.5. The highest BCUT2D eigenvalue weighted by Gasteiger charge is 2.33. The minimum Gasteiger partial charge on any atom is -0.381 e. The van der Waals surface area contributed by atoms with Gasteiger partial charge < -0.3 is 15.0 Å². The van der Waals surface area contributed by atoms with E-state index in [1.807, 2.05) is 18.2 Å². The molecule has 1 aromatic carbocycles. The first-order valence-electron chi connectivity index (χ1n) is 6.96. The Hall–Kier alpha value is -1.88. The lowest BCUT2D eigenvalue weighted by Gasteiger charge is -2.26. The van der Waals surface area contributed by atoms with Crippen molar-refractivity contribution in [3.05, 3.63) is 29.8 Å². The van der Waals surface area contributed by atoms with E-state index in [2.05, 4.69) is 5.32 Å². The van der Waals surface area contributed by atoms with Gasteiger partial charge in [-0.2, -0.15) is 0 Å². The topological polar surface area (TPSA) is 58.6 Å². The molecule has 2 aliphatic heterocycles. The lowest BCUT2D eigenvalue weighted by Crippen LogP contribution is -2.45. The number of hydrogen-bond donors (Lipinski definition) is 1. The number of nitrogens with one attached hydrogen (secondary N) is 1. The zero-order valence-corrected chi connectivity index (χ0v) is 11.5. The zero-order valence-electron chi connectivity index (χ0n) is 11.5. The fourth-order valence-electron chi connectivity index (χ4n) is 2.76. The van der Waals surface area contributed by atoms with Gasteiger partial charge in [0.1, 0.15) is 6.04 Å². The summed E-state index contributed by atoms with van der Waals surface area (Å²) in [6.45, 7) is 3.77. The van der Waals surface area contributed by atoms with Gasteiger partial charge in [-0.3, -0.25) is 9.59 Å². The lowest BCUT2D eigenvalue weighted by atomic mass is 10.1. The molecule has 2 unspecified atom stereocenters. The number of carbonyl (C=O) groups is 2. The van der Waals surface area contributed by atoms with E-state index < -0.39 is 6.04 Å². The molecule has 106 valence electrons. The van der Waals surface area contributed by atoms with Crippen molar-refractivity contribution in [2.75, 3.05) is 24.7 Å². The van der Waals surface area contributed by atoms with Crippen LogP contribution < -0.4 is 10.2 Å². The molecule has 2 atom stereocenters. The van der Waals surface area contributed by atoms with Crippen LogP contribution in [0.1, 0.15) is 23.7 Å². The third-order valence-corrected chi connectivity index (χ3v) is 3.89. The molecule has 5 heteroatoms. The molecule has 0 aromatic heterocycles. The van der Waals surface area contributed by atoms with Crippen molar-refractivity contribution >= 4 is 17.5 Å². The number of carbonyl (C=O) groups excluding carboxylic acids is 2. The van der Waals surface area contributed by atoms with Gasteiger partial charge in [0.2, 0.25) is 5.91 Å². The minimum atomic E-state index is -0.503. The summed E-state index contributed by atoms with van der Waals surface area (Å²) in [5.41, 5.74) is 1.26. The summed E-state index contributed by atoms with van der Waals surface area (Å²) in [7, 11) is 0. The first-order valence-corrected chi connectivity index (χ1v) is 6.96. The van der Waals surface area contributed by atoms with Crippen LogP contribution in [0.2, 0.25) is 0 Å². The van der Waals surface area contributed by atoms with Crippen LogP contribution in [0.3, 0.4) is 0 Å². The molecule has 1 fully saturated rings. The highest BCUT2D eigenvalue weighted by Crippen LogP contribution is 2.26. The van der Waals surface area contributed by atoms with Gasteiger partial charge in [-0.05, 0) is 25.5 Å². The number of para-hydroxylation sites is 1. The van der Waals surface area contributed by atoms with Crippen molar-refractivity contribution in [1.82, 2.24) is 5.32 Å². The third-order valence-electron chi connectivity index (χ3n) is 3.89. The van der Waals surface area contributed by atoms with Crippen LogP contribution >= 0.6 is 0 Å². The molecular formula is C15H18N2O3. The lowest BCUT2D eigenvalue weighted by molar-refractivity contribution is -0.120. The maximum atomic E-state index is 12.5. The summed E-state index contributed by atoms with van der Waals surface area (Å²) < 4.78 is 5.38. The number of benzene rings is 1. The molecule has 0 saturated carbocycles. The molecule has 1 aromatic rings. The molecule has 5 nitrogen and oxygen atoms in total. The highest BCUT2D eigenvalue weighted by atomic mass is 16.5. The number of anilines is 1. The van der Waals surface area contributed by atoms with Crippen molar-refractivity contribution in [1.29, 1.82) is 0 Å². The first-order chi connectivity index (χ1) is 9.66. The Morgan fingerprint density at radius 2 is 2.15 bits per heavy atom. The van der Waals surface area contributed by atoms with Gasteiger partial charge in [-0.1, -0.05) is 12.1 Å². The van der Waals surface area contributed by atoms with Crippen LogP contribution in [0, 0.1) is 5.92 Å². The normalized spacial score (nSPS) is 26.1. The van der Waals surface area contributed by atoms with E-state index in [1.165, 1.54) is 0 Å². The van der Waals surface area contributed by atoms with Crippen LogP contribution in [0.15, 0.2) is 24.3 Å². The Bertz CT molecular complexity index is 538. The van der Waals surface area contributed by atoms with Crippen molar-refractivity contribution in [3.8, 4) is 0 Å². The largest absolute Gasteiger partial charge is 0.381 e. The fraction of sp³-hybridized carbons (Fsp3) is 0.467. The van der Waals surface area contributed by atoms with Crippen molar-refractivity contribution < 1.29 is 14.3 Å². The summed E-state index contributed by atoms with van der Waals surface area (Å²) in [6, 6.07) is 6.76. The van der Waals surface area contributed by atoms with Crippen LogP contribution in [-0.4, -0.2) is 37.6 Å². The van der Waals surface area contributed by atoms with Gasteiger partial charge >= 0.3 is 0 Å². The fourth-order valence-corrected chi connectivity index (χ4v) is 2.76. The van der Waals surface area contributed by atoms with E-state index in [-0.39, 0.29) is 11.8 Å². The number of ether oxygens (including phenoxy) is 1. The average Bonchev–Trinajstić information content (AvgIpc) is 2.94. The summed E-state index contributed by atoms with van der Waals surface area (Å²) in [4.78, 5) is 26.4. The van der Waals surface area contributed by atoms with E-state index >= 15 is 0 Å². The molecule has 0 radical (unpaired) electrons. The maximum Gasteiger partial charge on any atom is 0.254 e. The number of nitrogens with zero attached hydrogens (tertiary/aromatic N) is 1. The van der Waals surface area contributed by atoms with Crippen molar-refractivity contribution in [2.45, 2.75) is 19.4 Å². The Balaban J connectivity index is 1.97. The molecule has 2 heterocycles. The molecule has 3 rings (SSSR count). The predicted molar refractivity (Wildman–Crippen MR) is 74.6 cm³/mol. The summed E-state index contributed by atoms with van der Waals surface area (Å²) in [5.74, 6) is 0.0919. The monoisotopic (exact) mass is 274 g/mol. The Kier molecular flexibility index (Phi) is 3.44. The summed E-state index contributed by atoms with van der Waals surface area (Å²) >= 11 is 0. The van der Waals surface area contributed by atoms with Crippen LogP contribution in [0.5, 0.6) is 0 Å². The number of hydrogen-bond acceptors (Lipinski definition) is 3. The molecule has 0 spiro atoms. The van der Waals surface area contributed by atoms with Gasteiger partial charge in [-0.15, -0.1) is 0 Å². The van der Waals surface area contributed by atoms with Gasteiger partial charge in [0.15, 0.2) is 0 Å².